The summed E-state index contributed by atoms with van der Waals surface area (Å²) in [5.41, 5.74) is -0.143. The Bertz CT molecular complexity index is 232. The van der Waals surface area contributed by atoms with Gasteiger partial charge in [-0.25, -0.2) is 0 Å². The average Bonchev–Trinajstić information content (AvgIpc) is 2.41. The first-order valence-corrected chi connectivity index (χ1v) is 6.17. The zero-order valence-electron chi connectivity index (χ0n) is 11.4. The molecule has 1 fully saturated rings. The molecule has 1 saturated heterocycles. The Kier molecular flexibility index (Phi) is 7.05. The summed E-state index contributed by atoms with van der Waals surface area (Å²) in [4.78, 5) is 14.2. The molecule has 0 saturated carbocycles. The molecule has 102 valence electrons. The van der Waals surface area contributed by atoms with Crippen LogP contribution in [0.2, 0.25) is 0 Å². The van der Waals surface area contributed by atoms with Crippen molar-refractivity contribution < 1.29 is 4.79 Å². The van der Waals surface area contributed by atoms with Crippen LogP contribution in [-0.4, -0.2) is 48.6 Å². The second kappa shape index (κ2) is 7.19. The smallest absolute Gasteiger partial charge is 0.237 e. The molecule has 0 bridgehead atoms. The highest BCUT2D eigenvalue weighted by Gasteiger charge is 2.24. The summed E-state index contributed by atoms with van der Waals surface area (Å²) in [7, 11) is 0. The predicted octanol–water partition coefficient (Wildman–Crippen LogP) is 1.01. The topological polar surface area (TPSA) is 44.4 Å². The molecule has 0 aromatic heterocycles. The van der Waals surface area contributed by atoms with E-state index >= 15 is 0 Å². The van der Waals surface area contributed by atoms with Gasteiger partial charge in [-0.3, -0.25) is 9.69 Å². The van der Waals surface area contributed by atoms with E-state index in [0.717, 1.165) is 32.6 Å². The molecule has 5 heteroatoms. The molecular formula is C12H26ClN3O. The van der Waals surface area contributed by atoms with Gasteiger partial charge in [0.15, 0.2) is 0 Å². The highest BCUT2D eigenvalue weighted by atomic mass is 35.5. The molecule has 17 heavy (non-hydrogen) atoms. The highest BCUT2D eigenvalue weighted by molar-refractivity contribution is 5.85. The van der Waals surface area contributed by atoms with Crippen LogP contribution >= 0.6 is 12.4 Å². The van der Waals surface area contributed by atoms with Crippen LogP contribution in [-0.2, 0) is 4.79 Å². The minimum absolute atomic E-state index is 0. The molecule has 0 aromatic rings. The fourth-order valence-corrected chi connectivity index (χ4v) is 1.89. The number of hydrogen-bond donors (Lipinski definition) is 2. The van der Waals surface area contributed by atoms with Gasteiger partial charge in [0.2, 0.25) is 5.91 Å². The average molecular weight is 264 g/mol. The van der Waals surface area contributed by atoms with Crippen molar-refractivity contribution in [2.45, 2.75) is 45.7 Å². The molecule has 1 amide bonds. The van der Waals surface area contributed by atoms with E-state index in [4.69, 9.17) is 0 Å². The molecule has 0 spiro atoms. The fourth-order valence-electron chi connectivity index (χ4n) is 1.89. The maximum atomic E-state index is 12.0. The zero-order chi connectivity index (χ0) is 12.2. The molecule has 0 radical (unpaired) electrons. The van der Waals surface area contributed by atoms with Crippen LogP contribution < -0.4 is 10.6 Å². The summed E-state index contributed by atoms with van der Waals surface area (Å²) in [6, 6.07) is -0.0286. The van der Waals surface area contributed by atoms with Gasteiger partial charge < -0.3 is 10.6 Å². The van der Waals surface area contributed by atoms with Crippen LogP contribution in [0.15, 0.2) is 0 Å². The summed E-state index contributed by atoms with van der Waals surface area (Å²) in [5, 5.41) is 6.38. The lowest BCUT2D eigenvalue weighted by Crippen LogP contribution is -2.51. The number of hydrogen-bond acceptors (Lipinski definition) is 3. The van der Waals surface area contributed by atoms with Gasteiger partial charge in [-0.1, -0.05) is 0 Å². The van der Waals surface area contributed by atoms with Crippen molar-refractivity contribution in [1.29, 1.82) is 0 Å². The van der Waals surface area contributed by atoms with Crippen molar-refractivity contribution in [3.05, 3.63) is 0 Å². The predicted molar refractivity (Wildman–Crippen MR) is 73.7 cm³/mol. The Balaban J connectivity index is 0.00000256. The van der Waals surface area contributed by atoms with Crippen LogP contribution in [0.1, 0.15) is 34.1 Å². The Morgan fingerprint density at radius 3 is 2.53 bits per heavy atom. The number of rotatable bonds is 2. The van der Waals surface area contributed by atoms with E-state index in [1.807, 2.05) is 27.7 Å². The van der Waals surface area contributed by atoms with Crippen LogP contribution in [0, 0.1) is 0 Å². The molecule has 1 heterocycles. The van der Waals surface area contributed by atoms with Crippen LogP contribution in [0.5, 0.6) is 0 Å². The Morgan fingerprint density at radius 2 is 1.94 bits per heavy atom. The third-order valence-electron chi connectivity index (χ3n) is 2.80. The lowest BCUT2D eigenvalue weighted by atomic mass is 10.1. The van der Waals surface area contributed by atoms with Gasteiger partial charge in [-0.2, -0.15) is 0 Å². The minimum Gasteiger partial charge on any atom is -0.350 e. The number of carbonyl (C=O) groups is 1. The van der Waals surface area contributed by atoms with Crippen molar-refractivity contribution in [3.8, 4) is 0 Å². The summed E-state index contributed by atoms with van der Waals surface area (Å²) < 4.78 is 0. The molecule has 1 unspecified atom stereocenters. The summed E-state index contributed by atoms with van der Waals surface area (Å²) in [6.45, 7) is 12.0. The van der Waals surface area contributed by atoms with Gasteiger partial charge >= 0.3 is 0 Å². The Morgan fingerprint density at radius 1 is 1.29 bits per heavy atom. The van der Waals surface area contributed by atoms with Crippen molar-refractivity contribution in [1.82, 2.24) is 15.5 Å². The van der Waals surface area contributed by atoms with Gasteiger partial charge in [0, 0.05) is 25.2 Å². The van der Waals surface area contributed by atoms with Crippen molar-refractivity contribution in [2.75, 3.05) is 26.2 Å². The number of amides is 1. The van der Waals surface area contributed by atoms with E-state index in [-0.39, 0.29) is 29.9 Å². The Hall–Kier alpha value is -0.320. The monoisotopic (exact) mass is 263 g/mol. The molecule has 2 N–H and O–H groups in total. The molecule has 4 nitrogen and oxygen atoms in total. The van der Waals surface area contributed by atoms with Crippen molar-refractivity contribution in [3.63, 3.8) is 0 Å². The first kappa shape index (κ1) is 16.7. The molecule has 1 aliphatic rings. The fraction of sp³-hybridized carbons (Fsp3) is 0.917. The molecule has 1 atom stereocenters. The van der Waals surface area contributed by atoms with Gasteiger partial charge in [-0.05, 0) is 40.7 Å². The lowest BCUT2D eigenvalue weighted by Gasteiger charge is -2.29. The van der Waals surface area contributed by atoms with Crippen LogP contribution in [0.4, 0.5) is 0 Å². The summed E-state index contributed by atoms with van der Waals surface area (Å²) >= 11 is 0. The van der Waals surface area contributed by atoms with Crippen molar-refractivity contribution in [2.24, 2.45) is 0 Å². The van der Waals surface area contributed by atoms with E-state index in [0.29, 0.717) is 0 Å². The quantitative estimate of drug-likeness (QED) is 0.782. The summed E-state index contributed by atoms with van der Waals surface area (Å²) in [6.07, 6.45) is 1.12. The largest absolute Gasteiger partial charge is 0.350 e. The molecule has 0 aromatic carbocycles. The molecular weight excluding hydrogens is 238 g/mol. The van der Waals surface area contributed by atoms with Crippen molar-refractivity contribution >= 4 is 18.3 Å². The number of halogens is 1. The standard InChI is InChI=1S/C12H25N3O.ClH/c1-10(11(16)14-12(2,3)4)15-8-5-6-13-7-9-15;/h10,13H,5-9H2,1-4H3,(H,14,16);1H. The zero-order valence-corrected chi connectivity index (χ0v) is 12.2. The SMILES string of the molecule is CC(C(=O)NC(C)(C)C)N1CCCNCC1.Cl. The maximum absolute atomic E-state index is 12.0. The Labute approximate surface area is 111 Å². The van der Waals surface area contributed by atoms with Gasteiger partial charge in [0.25, 0.3) is 0 Å². The maximum Gasteiger partial charge on any atom is 0.237 e. The van der Waals surface area contributed by atoms with E-state index in [1.54, 1.807) is 0 Å². The lowest BCUT2D eigenvalue weighted by molar-refractivity contribution is -0.127. The van der Waals surface area contributed by atoms with Gasteiger partial charge in [0.05, 0.1) is 6.04 Å². The third-order valence-corrected chi connectivity index (χ3v) is 2.80. The summed E-state index contributed by atoms with van der Waals surface area (Å²) in [5.74, 6) is 0.134. The second-order valence-electron chi connectivity index (χ2n) is 5.55. The van der Waals surface area contributed by atoms with E-state index in [1.165, 1.54) is 0 Å². The number of nitrogens with one attached hydrogen (secondary N) is 2. The minimum atomic E-state index is -0.143. The van der Waals surface area contributed by atoms with Gasteiger partial charge in [0.1, 0.15) is 0 Å². The normalized spacial score (nSPS) is 20.0. The highest BCUT2D eigenvalue weighted by Crippen LogP contribution is 2.06. The first-order chi connectivity index (χ1) is 7.40. The van der Waals surface area contributed by atoms with E-state index < -0.39 is 0 Å². The van der Waals surface area contributed by atoms with Gasteiger partial charge in [-0.15, -0.1) is 12.4 Å². The van der Waals surface area contributed by atoms with Crippen LogP contribution in [0.3, 0.4) is 0 Å². The van der Waals surface area contributed by atoms with E-state index in [9.17, 15) is 4.79 Å². The molecule has 1 rings (SSSR count). The number of carbonyl (C=O) groups excluding carboxylic acids is 1. The second-order valence-corrected chi connectivity index (χ2v) is 5.55. The number of nitrogens with zero attached hydrogens (tertiary/aromatic N) is 1. The van der Waals surface area contributed by atoms with Crippen LogP contribution in [0.25, 0.3) is 0 Å². The third kappa shape index (κ3) is 6.24. The van der Waals surface area contributed by atoms with E-state index in [2.05, 4.69) is 15.5 Å². The molecule has 0 aliphatic carbocycles. The first-order valence-electron chi connectivity index (χ1n) is 6.17. The molecule has 1 aliphatic heterocycles.